The lowest BCUT2D eigenvalue weighted by atomic mass is 10.1. The van der Waals surface area contributed by atoms with Gasteiger partial charge in [-0.1, -0.05) is 0 Å². The molecule has 1 aromatic rings. The van der Waals surface area contributed by atoms with Crippen LogP contribution in [0.3, 0.4) is 0 Å². The summed E-state index contributed by atoms with van der Waals surface area (Å²) in [4.78, 5) is 43.8. The number of amides is 3. The average molecular weight is 368 g/mol. The minimum Gasteiger partial charge on any atom is -0.465 e. The van der Waals surface area contributed by atoms with E-state index in [9.17, 15) is 14.4 Å². The Morgan fingerprint density at radius 3 is 2.80 bits per heavy atom. The molecule has 3 amide bonds. The molecule has 2 aliphatic rings. The maximum Gasteiger partial charge on any atom is 0.405 e. The van der Waals surface area contributed by atoms with Gasteiger partial charge in [0, 0.05) is 31.4 Å². The summed E-state index contributed by atoms with van der Waals surface area (Å²) in [6.07, 6.45) is -0.559. The summed E-state index contributed by atoms with van der Waals surface area (Å²) in [5.74, 6) is -0.495. The maximum atomic E-state index is 13.0. The summed E-state index contributed by atoms with van der Waals surface area (Å²) < 4.78 is 5.28. The highest BCUT2D eigenvalue weighted by atomic mass is 32.1. The Kier molecular flexibility index (Phi) is 5.49. The fourth-order valence-electron chi connectivity index (χ4n) is 3.16. The van der Waals surface area contributed by atoms with E-state index in [1.54, 1.807) is 10.4 Å². The van der Waals surface area contributed by atoms with Crippen molar-refractivity contribution in [3.8, 4) is 0 Å². The number of carboxylic acid groups (broad SMARTS) is 1. The topological polar surface area (TPSA) is 112 Å². The van der Waals surface area contributed by atoms with Crippen molar-refractivity contribution in [3.63, 3.8) is 0 Å². The van der Waals surface area contributed by atoms with Gasteiger partial charge in [-0.15, -0.1) is 11.3 Å². The zero-order valence-corrected chi connectivity index (χ0v) is 14.4. The molecule has 0 saturated carbocycles. The summed E-state index contributed by atoms with van der Waals surface area (Å²) in [7, 11) is 0. The molecule has 2 saturated heterocycles. The number of ether oxygens (including phenoxy) is 1. The molecule has 2 aliphatic heterocycles. The molecule has 0 spiro atoms. The Labute approximate surface area is 148 Å². The summed E-state index contributed by atoms with van der Waals surface area (Å²) in [5.41, 5.74) is 2.44. The van der Waals surface area contributed by atoms with E-state index in [-0.39, 0.29) is 11.8 Å². The second kappa shape index (κ2) is 7.79. The van der Waals surface area contributed by atoms with Crippen LogP contribution < -0.4 is 5.32 Å². The van der Waals surface area contributed by atoms with Crippen LogP contribution in [0.2, 0.25) is 0 Å². The van der Waals surface area contributed by atoms with Gasteiger partial charge in [0.2, 0.25) is 11.8 Å². The van der Waals surface area contributed by atoms with Crippen LogP contribution in [-0.4, -0.2) is 82.7 Å². The number of carbonyl (C=O) groups is 3. The Bertz CT molecular complexity index is 632. The van der Waals surface area contributed by atoms with E-state index in [0.717, 1.165) is 5.69 Å². The first-order chi connectivity index (χ1) is 12.1. The van der Waals surface area contributed by atoms with Crippen molar-refractivity contribution in [1.82, 2.24) is 20.1 Å². The first-order valence-electron chi connectivity index (χ1n) is 8.10. The molecule has 3 heterocycles. The van der Waals surface area contributed by atoms with Crippen molar-refractivity contribution in [2.45, 2.75) is 24.9 Å². The van der Waals surface area contributed by atoms with Crippen LogP contribution in [0.25, 0.3) is 0 Å². The van der Waals surface area contributed by atoms with Gasteiger partial charge < -0.3 is 25.0 Å². The number of hydrogen-bond acceptors (Lipinski definition) is 6. The first kappa shape index (κ1) is 17.6. The van der Waals surface area contributed by atoms with Crippen molar-refractivity contribution < 1.29 is 24.2 Å². The van der Waals surface area contributed by atoms with Gasteiger partial charge in [0.05, 0.1) is 24.4 Å². The fourth-order valence-corrected chi connectivity index (χ4v) is 3.73. The summed E-state index contributed by atoms with van der Waals surface area (Å²) >= 11 is 1.43. The normalized spacial score (nSPS) is 22.1. The third kappa shape index (κ3) is 4.07. The Hall–Kier alpha value is -2.20. The van der Waals surface area contributed by atoms with Crippen LogP contribution in [-0.2, 0) is 20.7 Å². The first-order valence-corrected chi connectivity index (χ1v) is 9.04. The molecule has 3 rings (SSSR count). The summed E-state index contributed by atoms with van der Waals surface area (Å²) in [5, 5.41) is 12.9. The van der Waals surface area contributed by atoms with Crippen LogP contribution in [0.15, 0.2) is 10.9 Å². The van der Waals surface area contributed by atoms with E-state index in [1.165, 1.54) is 16.2 Å². The molecule has 2 N–H and O–H groups in total. The number of aromatic nitrogens is 1. The molecule has 10 heteroatoms. The number of carbonyl (C=O) groups excluding carboxylic acids is 2. The van der Waals surface area contributed by atoms with Crippen molar-refractivity contribution >= 4 is 29.2 Å². The van der Waals surface area contributed by atoms with Gasteiger partial charge >= 0.3 is 6.09 Å². The van der Waals surface area contributed by atoms with Crippen LogP contribution in [0.4, 0.5) is 4.79 Å². The molecule has 2 atom stereocenters. The Balaban J connectivity index is 1.77. The number of hydrogen-bond donors (Lipinski definition) is 2. The SMILES string of the molecule is O=C(O)N[C@H]1CCN([C@@H](Cc2cscn2)C(=O)N2CCOCC2)C1=O. The number of nitrogens with one attached hydrogen (secondary N) is 1. The molecular weight excluding hydrogens is 348 g/mol. The Morgan fingerprint density at radius 2 is 2.16 bits per heavy atom. The average Bonchev–Trinajstić information content (AvgIpc) is 3.23. The third-order valence-corrected chi connectivity index (χ3v) is 5.04. The molecule has 1 aromatic heterocycles. The van der Waals surface area contributed by atoms with Crippen LogP contribution in [0.1, 0.15) is 12.1 Å². The van der Waals surface area contributed by atoms with E-state index in [0.29, 0.717) is 45.7 Å². The van der Waals surface area contributed by atoms with Crippen molar-refractivity contribution in [2.75, 3.05) is 32.8 Å². The van der Waals surface area contributed by atoms with E-state index in [4.69, 9.17) is 9.84 Å². The molecule has 0 bridgehead atoms. The molecule has 136 valence electrons. The van der Waals surface area contributed by atoms with Crippen molar-refractivity contribution in [2.24, 2.45) is 0 Å². The zero-order valence-electron chi connectivity index (χ0n) is 13.6. The fraction of sp³-hybridized carbons (Fsp3) is 0.600. The molecule has 25 heavy (non-hydrogen) atoms. The van der Waals surface area contributed by atoms with Gasteiger partial charge in [-0.25, -0.2) is 9.78 Å². The summed E-state index contributed by atoms with van der Waals surface area (Å²) in [6, 6.07) is -1.47. The zero-order chi connectivity index (χ0) is 17.8. The number of nitrogens with zero attached hydrogens (tertiary/aromatic N) is 3. The monoisotopic (exact) mass is 368 g/mol. The highest BCUT2D eigenvalue weighted by Crippen LogP contribution is 2.20. The van der Waals surface area contributed by atoms with Crippen LogP contribution >= 0.6 is 11.3 Å². The predicted octanol–water partition coefficient (Wildman–Crippen LogP) is -0.219. The van der Waals surface area contributed by atoms with Crippen molar-refractivity contribution in [3.05, 3.63) is 16.6 Å². The van der Waals surface area contributed by atoms with E-state index in [1.807, 2.05) is 5.38 Å². The van der Waals surface area contributed by atoms with Gasteiger partial charge in [0.15, 0.2) is 0 Å². The second-order valence-corrected chi connectivity index (χ2v) is 6.68. The van der Waals surface area contributed by atoms with Gasteiger partial charge in [-0.3, -0.25) is 9.59 Å². The van der Waals surface area contributed by atoms with Gasteiger partial charge in [0.25, 0.3) is 0 Å². The van der Waals surface area contributed by atoms with Gasteiger partial charge in [0.1, 0.15) is 12.1 Å². The number of morpholine rings is 1. The lowest BCUT2D eigenvalue weighted by molar-refractivity contribution is -0.146. The molecule has 0 aliphatic carbocycles. The van der Waals surface area contributed by atoms with Crippen molar-refractivity contribution in [1.29, 1.82) is 0 Å². The highest BCUT2D eigenvalue weighted by Gasteiger charge is 2.41. The highest BCUT2D eigenvalue weighted by molar-refractivity contribution is 7.07. The largest absolute Gasteiger partial charge is 0.465 e. The number of thiazole rings is 1. The smallest absolute Gasteiger partial charge is 0.405 e. The molecule has 0 radical (unpaired) electrons. The van der Waals surface area contributed by atoms with Gasteiger partial charge in [-0.2, -0.15) is 0 Å². The van der Waals surface area contributed by atoms with E-state index < -0.39 is 18.2 Å². The number of likely N-dealkylation sites (tertiary alicyclic amines) is 1. The minimum absolute atomic E-state index is 0.138. The second-order valence-electron chi connectivity index (χ2n) is 5.96. The van der Waals surface area contributed by atoms with Gasteiger partial charge in [-0.05, 0) is 6.42 Å². The number of rotatable bonds is 5. The predicted molar refractivity (Wildman–Crippen MR) is 88.3 cm³/mol. The van der Waals surface area contributed by atoms with E-state index in [2.05, 4.69) is 10.3 Å². The molecule has 2 fully saturated rings. The summed E-state index contributed by atoms with van der Waals surface area (Å²) in [6.45, 7) is 2.28. The third-order valence-electron chi connectivity index (χ3n) is 4.41. The van der Waals surface area contributed by atoms with E-state index >= 15 is 0 Å². The lowest BCUT2D eigenvalue weighted by Crippen LogP contribution is -2.54. The minimum atomic E-state index is -1.24. The standard InChI is InChI=1S/C15H20N4O5S/c20-13-11(17-15(22)23)1-2-19(13)12(7-10-8-25-9-16-10)14(21)18-3-5-24-6-4-18/h8-9,11-12,17H,1-7H2,(H,22,23)/t11-,12-/m0/s1. The Morgan fingerprint density at radius 1 is 1.40 bits per heavy atom. The lowest BCUT2D eigenvalue weighted by Gasteiger charge is -2.34. The molecule has 0 aromatic carbocycles. The molecule has 0 unspecified atom stereocenters. The molecular formula is C15H20N4O5S. The van der Waals surface area contributed by atoms with Crippen LogP contribution in [0.5, 0.6) is 0 Å². The van der Waals surface area contributed by atoms with Crippen LogP contribution in [0, 0.1) is 0 Å². The maximum absolute atomic E-state index is 13.0. The molecule has 9 nitrogen and oxygen atoms in total. The quantitative estimate of drug-likeness (QED) is 0.743.